The van der Waals surface area contributed by atoms with Crippen LogP contribution in [0, 0.1) is 17.8 Å². The summed E-state index contributed by atoms with van der Waals surface area (Å²) in [7, 11) is 0. The van der Waals surface area contributed by atoms with Crippen molar-refractivity contribution < 1.29 is 14.7 Å². The Morgan fingerprint density at radius 1 is 1.41 bits per heavy atom. The third-order valence-electron chi connectivity index (χ3n) is 3.57. The Bertz CT molecular complexity index is 345. The van der Waals surface area contributed by atoms with Crippen LogP contribution in [-0.2, 0) is 9.59 Å². The van der Waals surface area contributed by atoms with E-state index in [0.29, 0.717) is 17.6 Å². The molecule has 1 saturated heterocycles. The van der Waals surface area contributed by atoms with Crippen LogP contribution < -0.4 is 0 Å². The van der Waals surface area contributed by atoms with Crippen molar-refractivity contribution in [2.45, 2.75) is 38.6 Å². The number of hydrogen-bond donors (Lipinski definition) is 1. The number of carbonyl (C=O) groups excluding carboxylic acids is 1. The average molecular weight is 257 g/mol. The van der Waals surface area contributed by atoms with Crippen LogP contribution in [0.1, 0.15) is 27.2 Å². The minimum Gasteiger partial charge on any atom is -0.480 e. The maximum atomic E-state index is 12.3. The van der Waals surface area contributed by atoms with Gasteiger partial charge in [0.05, 0.1) is 5.37 Å². The van der Waals surface area contributed by atoms with Gasteiger partial charge in [-0.05, 0) is 18.3 Å². The third-order valence-corrected chi connectivity index (χ3v) is 5.19. The molecule has 0 bridgehead atoms. The van der Waals surface area contributed by atoms with Gasteiger partial charge in [0.15, 0.2) is 0 Å². The van der Waals surface area contributed by atoms with Crippen molar-refractivity contribution in [3.63, 3.8) is 0 Å². The first-order valence-electron chi connectivity index (χ1n) is 6.10. The quantitative estimate of drug-likeness (QED) is 0.835. The third kappa shape index (κ3) is 2.30. The van der Waals surface area contributed by atoms with E-state index in [4.69, 9.17) is 0 Å². The molecule has 5 heteroatoms. The Morgan fingerprint density at radius 3 is 2.41 bits per heavy atom. The minimum atomic E-state index is -0.873. The molecule has 1 heterocycles. The number of amides is 1. The summed E-state index contributed by atoms with van der Waals surface area (Å²) in [5, 5.41) is 9.22. The molecule has 1 amide bonds. The zero-order valence-electron chi connectivity index (χ0n) is 10.4. The largest absolute Gasteiger partial charge is 0.480 e. The molecule has 4 atom stereocenters. The van der Waals surface area contributed by atoms with Gasteiger partial charge >= 0.3 is 5.97 Å². The van der Waals surface area contributed by atoms with Crippen molar-refractivity contribution >= 4 is 23.6 Å². The molecule has 4 unspecified atom stereocenters. The van der Waals surface area contributed by atoms with Crippen LogP contribution in [-0.4, -0.2) is 39.1 Å². The van der Waals surface area contributed by atoms with E-state index in [-0.39, 0.29) is 17.2 Å². The lowest BCUT2D eigenvalue weighted by Crippen LogP contribution is -2.48. The second kappa shape index (κ2) is 4.52. The lowest BCUT2D eigenvalue weighted by molar-refractivity contribution is -0.150. The normalized spacial score (nSPS) is 36.4. The molecule has 1 aliphatic heterocycles. The molecule has 0 radical (unpaired) electrons. The second-order valence-corrected chi connectivity index (χ2v) is 6.54. The predicted molar refractivity (Wildman–Crippen MR) is 66.6 cm³/mol. The average Bonchev–Trinajstić information content (AvgIpc) is 2.81. The summed E-state index contributed by atoms with van der Waals surface area (Å²) in [6.45, 7) is 6.13. The van der Waals surface area contributed by atoms with E-state index in [1.165, 1.54) is 0 Å². The lowest BCUT2D eigenvalue weighted by Gasteiger charge is -2.30. The molecule has 1 saturated carbocycles. The predicted octanol–water partition coefficient (Wildman–Crippen LogP) is 1.65. The number of carboxylic acids is 1. The van der Waals surface area contributed by atoms with E-state index in [1.54, 1.807) is 16.7 Å². The number of nitrogens with zero attached hydrogens (tertiary/aromatic N) is 1. The van der Waals surface area contributed by atoms with Gasteiger partial charge in [-0.3, -0.25) is 4.79 Å². The van der Waals surface area contributed by atoms with E-state index in [1.807, 2.05) is 20.8 Å². The van der Waals surface area contributed by atoms with Gasteiger partial charge in [0.25, 0.3) is 0 Å². The highest BCUT2D eigenvalue weighted by Gasteiger charge is 2.49. The van der Waals surface area contributed by atoms with Crippen molar-refractivity contribution in [2.24, 2.45) is 17.8 Å². The molecule has 2 aliphatic rings. The molecule has 1 N–H and O–H groups in total. The van der Waals surface area contributed by atoms with Crippen LogP contribution in [0.3, 0.4) is 0 Å². The van der Waals surface area contributed by atoms with Crippen molar-refractivity contribution in [2.75, 3.05) is 5.75 Å². The van der Waals surface area contributed by atoms with Crippen LogP contribution in [0.4, 0.5) is 0 Å². The van der Waals surface area contributed by atoms with Gasteiger partial charge in [-0.15, -0.1) is 11.8 Å². The number of hydrogen-bond acceptors (Lipinski definition) is 3. The van der Waals surface area contributed by atoms with Gasteiger partial charge in [0, 0.05) is 11.7 Å². The molecular weight excluding hydrogens is 238 g/mol. The standard InChI is InChI=1S/C12H19NO3S/c1-6(2)11-13(9(5-17-11)12(15)16)10(14)8-4-7(8)3/h6-9,11H,4-5H2,1-3H3,(H,15,16). The molecule has 0 aromatic rings. The van der Waals surface area contributed by atoms with Crippen LogP contribution in [0.25, 0.3) is 0 Å². The van der Waals surface area contributed by atoms with Crippen LogP contribution in [0.2, 0.25) is 0 Å². The minimum absolute atomic E-state index is 0.0244. The summed E-state index contributed by atoms with van der Waals surface area (Å²) in [5.41, 5.74) is 0. The number of carboxylic acid groups (broad SMARTS) is 1. The maximum absolute atomic E-state index is 12.3. The molecule has 17 heavy (non-hydrogen) atoms. The van der Waals surface area contributed by atoms with Crippen molar-refractivity contribution in [1.82, 2.24) is 4.90 Å². The Labute approximate surface area is 106 Å². The molecule has 0 aromatic carbocycles. The maximum Gasteiger partial charge on any atom is 0.327 e. The Kier molecular flexibility index (Phi) is 3.39. The molecule has 96 valence electrons. The smallest absolute Gasteiger partial charge is 0.327 e. The fraction of sp³-hybridized carbons (Fsp3) is 0.833. The van der Waals surface area contributed by atoms with Crippen molar-refractivity contribution in [3.8, 4) is 0 Å². The lowest BCUT2D eigenvalue weighted by atomic mass is 10.1. The van der Waals surface area contributed by atoms with E-state index < -0.39 is 12.0 Å². The Balaban J connectivity index is 2.17. The van der Waals surface area contributed by atoms with Gasteiger partial charge in [0.1, 0.15) is 6.04 Å². The first-order valence-corrected chi connectivity index (χ1v) is 7.15. The summed E-state index contributed by atoms with van der Waals surface area (Å²) < 4.78 is 0. The first kappa shape index (κ1) is 12.7. The zero-order chi connectivity index (χ0) is 12.7. The number of carbonyl (C=O) groups is 2. The fourth-order valence-corrected chi connectivity index (χ4v) is 3.85. The Morgan fingerprint density at radius 2 is 2.00 bits per heavy atom. The van der Waals surface area contributed by atoms with Crippen LogP contribution in [0.15, 0.2) is 0 Å². The van der Waals surface area contributed by atoms with Gasteiger partial charge in [-0.1, -0.05) is 20.8 Å². The Hall–Kier alpha value is -0.710. The highest BCUT2D eigenvalue weighted by molar-refractivity contribution is 8.00. The monoisotopic (exact) mass is 257 g/mol. The topological polar surface area (TPSA) is 57.6 Å². The molecule has 0 spiro atoms. The van der Waals surface area contributed by atoms with Crippen molar-refractivity contribution in [3.05, 3.63) is 0 Å². The molecule has 1 aliphatic carbocycles. The van der Waals surface area contributed by atoms with E-state index >= 15 is 0 Å². The second-order valence-electron chi connectivity index (χ2n) is 5.39. The van der Waals surface area contributed by atoms with Crippen LogP contribution in [0.5, 0.6) is 0 Å². The summed E-state index contributed by atoms with van der Waals surface area (Å²) in [6.07, 6.45) is 0.914. The summed E-state index contributed by atoms with van der Waals surface area (Å²) in [4.78, 5) is 25.1. The van der Waals surface area contributed by atoms with Crippen LogP contribution >= 0.6 is 11.8 Å². The van der Waals surface area contributed by atoms with Gasteiger partial charge < -0.3 is 10.0 Å². The fourth-order valence-electron chi connectivity index (χ4n) is 2.37. The number of rotatable bonds is 3. The molecule has 2 fully saturated rings. The number of thioether (sulfide) groups is 1. The summed E-state index contributed by atoms with van der Waals surface area (Å²) >= 11 is 1.59. The van der Waals surface area contributed by atoms with Gasteiger partial charge in [-0.25, -0.2) is 4.79 Å². The zero-order valence-corrected chi connectivity index (χ0v) is 11.2. The number of aliphatic carboxylic acids is 1. The molecule has 0 aromatic heterocycles. The van der Waals surface area contributed by atoms with E-state index in [9.17, 15) is 14.7 Å². The van der Waals surface area contributed by atoms with Gasteiger partial charge in [0.2, 0.25) is 5.91 Å². The summed E-state index contributed by atoms with van der Waals surface area (Å²) in [6, 6.07) is -0.632. The van der Waals surface area contributed by atoms with E-state index in [0.717, 1.165) is 6.42 Å². The van der Waals surface area contributed by atoms with Gasteiger partial charge in [-0.2, -0.15) is 0 Å². The van der Waals surface area contributed by atoms with E-state index in [2.05, 4.69) is 0 Å². The summed E-state index contributed by atoms with van der Waals surface area (Å²) in [5.74, 6) is 0.482. The first-order chi connectivity index (χ1) is 7.93. The SMILES string of the molecule is CC(C)C1SCC(C(=O)O)N1C(=O)C1CC1C. The molecule has 2 rings (SSSR count). The molecular formula is C12H19NO3S. The highest BCUT2D eigenvalue weighted by Crippen LogP contribution is 2.43. The highest BCUT2D eigenvalue weighted by atomic mass is 32.2. The molecule has 4 nitrogen and oxygen atoms in total. The van der Waals surface area contributed by atoms with Crippen molar-refractivity contribution in [1.29, 1.82) is 0 Å².